The van der Waals surface area contributed by atoms with Crippen LogP contribution >= 0.6 is 0 Å². The smallest absolute Gasteiger partial charge is 0.0948 e. The fraction of sp³-hybridized carbons (Fsp3) is 0.800. The van der Waals surface area contributed by atoms with E-state index in [9.17, 15) is 0 Å². The standard InChI is InChI=1S/C15H28N4/c1-4-6-16-8-15-9-17-12-19(15)11-14-5-7-18(10-14)13(2)3/h9,12-14,16H,4-8,10-11H2,1-3H3. The second kappa shape index (κ2) is 7.06. The normalized spacial score (nSPS) is 20.5. The Hall–Kier alpha value is -0.870. The molecule has 1 aromatic rings. The van der Waals surface area contributed by atoms with Gasteiger partial charge in [-0.25, -0.2) is 4.98 Å². The molecule has 1 aliphatic rings. The molecule has 4 nitrogen and oxygen atoms in total. The maximum Gasteiger partial charge on any atom is 0.0948 e. The van der Waals surface area contributed by atoms with Crippen molar-refractivity contribution in [1.29, 1.82) is 0 Å². The first-order chi connectivity index (χ1) is 9.20. The molecule has 1 fully saturated rings. The Morgan fingerprint density at radius 3 is 3.00 bits per heavy atom. The van der Waals surface area contributed by atoms with Gasteiger partial charge < -0.3 is 14.8 Å². The van der Waals surface area contributed by atoms with Crippen LogP contribution in [0.4, 0.5) is 0 Å². The molecule has 0 saturated carbocycles. The van der Waals surface area contributed by atoms with Gasteiger partial charge in [0, 0.05) is 31.9 Å². The van der Waals surface area contributed by atoms with E-state index < -0.39 is 0 Å². The van der Waals surface area contributed by atoms with E-state index in [0.717, 1.165) is 25.6 Å². The van der Waals surface area contributed by atoms with Crippen molar-refractivity contribution >= 4 is 0 Å². The Morgan fingerprint density at radius 2 is 2.32 bits per heavy atom. The van der Waals surface area contributed by atoms with Crippen molar-refractivity contribution < 1.29 is 0 Å². The van der Waals surface area contributed by atoms with Crippen LogP contribution in [0.5, 0.6) is 0 Å². The third-order valence-electron chi connectivity index (χ3n) is 4.03. The van der Waals surface area contributed by atoms with Gasteiger partial charge in [0.05, 0.1) is 12.0 Å². The molecule has 19 heavy (non-hydrogen) atoms. The Morgan fingerprint density at radius 1 is 1.47 bits per heavy atom. The zero-order valence-corrected chi connectivity index (χ0v) is 12.6. The van der Waals surface area contributed by atoms with Gasteiger partial charge in [-0.2, -0.15) is 0 Å². The number of aromatic nitrogens is 2. The van der Waals surface area contributed by atoms with Gasteiger partial charge in [-0.05, 0) is 45.7 Å². The molecule has 2 heterocycles. The highest BCUT2D eigenvalue weighted by atomic mass is 15.2. The van der Waals surface area contributed by atoms with Crippen LogP contribution in [-0.2, 0) is 13.1 Å². The minimum atomic E-state index is 0.679. The molecular formula is C15H28N4. The van der Waals surface area contributed by atoms with Crippen LogP contribution in [0.25, 0.3) is 0 Å². The fourth-order valence-electron chi connectivity index (χ4n) is 2.81. The minimum absolute atomic E-state index is 0.679. The van der Waals surface area contributed by atoms with Gasteiger partial charge in [0.2, 0.25) is 0 Å². The van der Waals surface area contributed by atoms with Gasteiger partial charge in [0.25, 0.3) is 0 Å². The monoisotopic (exact) mass is 264 g/mol. The molecule has 0 amide bonds. The third kappa shape index (κ3) is 4.05. The van der Waals surface area contributed by atoms with E-state index in [4.69, 9.17) is 0 Å². The van der Waals surface area contributed by atoms with Gasteiger partial charge in [0.15, 0.2) is 0 Å². The summed E-state index contributed by atoms with van der Waals surface area (Å²) in [6.07, 6.45) is 6.48. The van der Waals surface area contributed by atoms with Crippen molar-refractivity contribution in [3.63, 3.8) is 0 Å². The molecule has 0 aliphatic carbocycles. The summed E-state index contributed by atoms with van der Waals surface area (Å²) in [5.74, 6) is 0.779. The molecule has 1 saturated heterocycles. The van der Waals surface area contributed by atoms with Crippen LogP contribution in [0.15, 0.2) is 12.5 Å². The van der Waals surface area contributed by atoms with E-state index in [2.05, 4.69) is 40.5 Å². The van der Waals surface area contributed by atoms with Crippen LogP contribution < -0.4 is 5.32 Å². The van der Waals surface area contributed by atoms with E-state index in [-0.39, 0.29) is 0 Å². The average Bonchev–Trinajstić information content (AvgIpc) is 3.00. The highest BCUT2D eigenvalue weighted by Gasteiger charge is 2.24. The van der Waals surface area contributed by atoms with Crippen molar-refractivity contribution in [3.8, 4) is 0 Å². The summed E-state index contributed by atoms with van der Waals surface area (Å²) in [5, 5.41) is 3.46. The lowest BCUT2D eigenvalue weighted by atomic mass is 10.1. The summed E-state index contributed by atoms with van der Waals surface area (Å²) in [6, 6.07) is 0.679. The fourth-order valence-corrected chi connectivity index (χ4v) is 2.81. The molecule has 0 radical (unpaired) electrons. The highest BCUT2D eigenvalue weighted by Crippen LogP contribution is 2.20. The number of nitrogens with zero attached hydrogens (tertiary/aromatic N) is 3. The van der Waals surface area contributed by atoms with E-state index in [0.29, 0.717) is 6.04 Å². The van der Waals surface area contributed by atoms with Crippen molar-refractivity contribution in [3.05, 3.63) is 18.2 Å². The second-order valence-corrected chi connectivity index (χ2v) is 5.96. The van der Waals surface area contributed by atoms with Crippen LogP contribution in [0, 0.1) is 5.92 Å². The van der Waals surface area contributed by atoms with Crippen molar-refractivity contribution in [2.75, 3.05) is 19.6 Å². The summed E-state index contributed by atoms with van der Waals surface area (Å²) in [5.41, 5.74) is 1.32. The number of likely N-dealkylation sites (tertiary alicyclic amines) is 1. The molecule has 0 spiro atoms. The number of nitrogens with one attached hydrogen (secondary N) is 1. The molecule has 2 rings (SSSR count). The zero-order valence-electron chi connectivity index (χ0n) is 12.6. The molecular weight excluding hydrogens is 236 g/mol. The first kappa shape index (κ1) is 14.5. The maximum atomic E-state index is 4.31. The lowest BCUT2D eigenvalue weighted by molar-refractivity contribution is 0.260. The predicted octanol–water partition coefficient (Wildman–Crippen LogP) is 2.11. The Bertz CT molecular complexity index is 372. The van der Waals surface area contributed by atoms with Gasteiger partial charge in [0.1, 0.15) is 0 Å². The highest BCUT2D eigenvalue weighted by molar-refractivity contribution is 4.98. The quantitative estimate of drug-likeness (QED) is 0.766. The largest absolute Gasteiger partial charge is 0.333 e. The van der Waals surface area contributed by atoms with Gasteiger partial charge in [-0.3, -0.25) is 0 Å². The summed E-state index contributed by atoms with van der Waals surface area (Å²) in [6.45, 7) is 12.4. The molecule has 1 atom stereocenters. The molecule has 4 heteroatoms. The number of hydrogen-bond donors (Lipinski definition) is 1. The average molecular weight is 264 g/mol. The molecule has 0 aromatic carbocycles. The lowest BCUT2D eigenvalue weighted by Gasteiger charge is -2.20. The van der Waals surface area contributed by atoms with Crippen LogP contribution in [0.3, 0.4) is 0 Å². The topological polar surface area (TPSA) is 33.1 Å². The molecule has 1 aliphatic heterocycles. The van der Waals surface area contributed by atoms with Gasteiger partial charge in [-0.15, -0.1) is 0 Å². The van der Waals surface area contributed by atoms with E-state index in [1.165, 1.54) is 31.6 Å². The summed E-state index contributed by atoms with van der Waals surface area (Å²) in [4.78, 5) is 6.89. The van der Waals surface area contributed by atoms with Crippen LogP contribution in [0.2, 0.25) is 0 Å². The van der Waals surface area contributed by atoms with Crippen molar-refractivity contribution in [2.45, 2.75) is 52.7 Å². The van der Waals surface area contributed by atoms with Crippen LogP contribution in [0.1, 0.15) is 39.3 Å². The van der Waals surface area contributed by atoms with E-state index in [1.54, 1.807) is 0 Å². The SMILES string of the molecule is CCCNCc1cncn1CC1CCN(C(C)C)C1. The Balaban J connectivity index is 1.84. The Labute approximate surface area is 117 Å². The minimum Gasteiger partial charge on any atom is -0.333 e. The number of hydrogen-bond acceptors (Lipinski definition) is 3. The zero-order chi connectivity index (χ0) is 13.7. The molecule has 0 bridgehead atoms. The first-order valence-corrected chi connectivity index (χ1v) is 7.64. The van der Waals surface area contributed by atoms with Gasteiger partial charge >= 0.3 is 0 Å². The van der Waals surface area contributed by atoms with Gasteiger partial charge in [-0.1, -0.05) is 6.92 Å². The number of imidazole rings is 1. The summed E-state index contributed by atoms with van der Waals surface area (Å²) < 4.78 is 2.33. The third-order valence-corrected chi connectivity index (χ3v) is 4.03. The summed E-state index contributed by atoms with van der Waals surface area (Å²) in [7, 11) is 0. The van der Waals surface area contributed by atoms with E-state index in [1.807, 2.05) is 12.5 Å². The molecule has 108 valence electrons. The lowest BCUT2D eigenvalue weighted by Crippen LogP contribution is -2.29. The number of rotatable bonds is 7. The second-order valence-electron chi connectivity index (χ2n) is 5.96. The van der Waals surface area contributed by atoms with E-state index >= 15 is 0 Å². The first-order valence-electron chi connectivity index (χ1n) is 7.64. The molecule has 1 unspecified atom stereocenters. The Kier molecular flexibility index (Phi) is 5.40. The van der Waals surface area contributed by atoms with Crippen LogP contribution in [-0.4, -0.2) is 40.1 Å². The maximum absolute atomic E-state index is 4.31. The summed E-state index contributed by atoms with van der Waals surface area (Å²) >= 11 is 0. The predicted molar refractivity (Wildman–Crippen MR) is 79.0 cm³/mol. The van der Waals surface area contributed by atoms with Crippen molar-refractivity contribution in [2.24, 2.45) is 5.92 Å². The van der Waals surface area contributed by atoms with Crippen molar-refractivity contribution in [1.82, 2.24) is 19.8 Å². The molecule has 1 aromatic heterocycles. The molecule has 1 N–H and O–H groups in total.